The van der Waals surface area contributed by atoms with Crippen LogP contribution < -0.4 is 5.32 Å². The molecule has 0 aliphatic carbocycles. The average Bonchev–Trinajstić information content (AvgIpc) is 3.02. The minimum atomic E-state index is -0.131. The fourth-order valence-electron chi connectivity index (χ4n) is 1.88. The van der Waals surface area contributed by atoms with Gasteiger partial charge in [0.15, 0.2) is 5.13 Å². The van der Waals surface area contributed by atoms with E-state index in [0.717, 1.165) is 10.6 Å². The Labute approximate surface area is 157 Å². The third-order valence-corrected chi connectivity index (χ3v) is 5.20. The largest absolute Gasteiger partial charge is 0.301 e. The van der Waals surface area contributed by atoms with Gasteiger partial charge in [-0.15, -0.1) is 11.3 Å². The van der Waals surface area contributed by atoms with Gasteiger partial charge in [0.1, 0.15) is 0 Å². The van der Waals surface area contributed by atoms with Gasteiger partial charge in [-0.2, -0.15) is 0 Å². The number of aromatic nitrogens is 2. The first kappa shape index (κ1) is 17.2. The molecular weight excluding hydrogens is 385 g/mol. The predicted molar refractivity (Wildman–Crippen MR) is 101 cm³/mol. The van der Waals surface area contributed by atoms with Crippen molar-refractivity contribution in [1.29, 1.82) is 0 Å². The summed E-state index contributed by atoms with van der Waals surface area (Å²) in [4.78, 5) is 20.6. The van der Waals surface area contributed by atoms with E-state index in [-0.39, 0.29) is 11.7 Å². The molecule has 0 bridgehead atoms. The van der Waals surface area contributed by atoms with E-state index in [4.69, 9.17) is 23.2 Å². The van der Waals surface area contributed by atoms with Gasteiger partial charge >= 0.3 is 0 Å². The molecular formula is C16H11Cl2N3OS2. The van der Waals surface area contributed by atoms with Gasteiger partial charge in [-0.1, -0.05) is 41.0 Å². The number of nitrogens with zero attached hydrogens (tertiary/aromatic N) is 2. The fourth-order valence-corrected chi connectivity index (χ4v) is 3.77. The Morgan fingerprint density at radius 1 is 1.25 bits per heavy atom. The molecule has 1 N–H and O–H groups in total. The van der Waals surface area contributed by atoms with Crippen LogP contribution in [0.15, 0.2) is 53.0 Å². The molecule has 0 saturated carbocycles. The van der Waals surface area contributed by atoms with E-state index in [2.05, 4.69) is 15.3 Å². The molecule has 0 atom stereocenters. The highest BCUT2D eigenvalue weighted by atomic mass is 35.5. The Kier molecular flexibility index (Phi) is 5.73. The maximum Gasteiger partial charge on any atom is 0.236 e. The number of rotatable bonds is 5. The van der Waals surface area contributed by atoms with Crippen molar-refractivity contribution in [2.45, 2.75) is 5.03 Å². The van der Waals surface area contributed by atoms with Gasteiger partial charge < -0.3 is 5.32 Å². The van der Waals surface area contributed by atoms with Crippen molar-refractivity contribution in [3.63, 3.8) is 0 Å². The Morgan fingerprint density at radius 3 is 2.88 bits per heavy atom. The van der Waals surface area contributed by atoms with Crippen LogP contribution in [0.1, 0.15) is 0 Å². The summed E-state index contributed by atoms with van der Waals surface area (Å²) in [6, 6.07) is 10.8. The summed E-state index contributed by atoms with van der Waals surface area (Å²) in [6.45, 7) is 0. The molecule has 8 heteroatoms. The fraction of sp³-hybridized carbons (Fsp3) is 0.0625. The molecule has 0 aliphatic rings. The molecule has 2 heterocycles. The molecule has 3 rings (SSSR count). The summed E-state index contributed by atoms with van der Waals surface area (Å²) in [5, 5.41) is 7.06. The summed E-state index contributed by atoms with van der Waals surface area (Å²) < 4.78 is 0. The molecule has 0 spiro atoms. The molecule has 0 radical (unpaired) electrons. The van der Waals surface area contributed by atoms with E-state index in [1.807, 2.05) is 29.6 Å². The number of hydrogen-bond acceptors (Lipinski definition) is 5. The topological polar surface area (TPSA) is 54.9 Å². The number of anilines is 1. The number of carbonyl (C=O) groups excluding carboxylic acids is 1. The van der Waals surface area contributed by atoms with Gasteiger partial charge in [0, 0.05) is 22.2 Å². The van der Waals surface area contributed by atoms with Crippen LogP contribution in [0.2, 0.25) is 10.0 Å². The molecule has 3 aromatic rings. The van der Waals surface area contributed by atoms with Crippen molar-refractivity contribution >= 4 is 57.3 Å². The van der Waals surface area contributed by atoms with Crippen LogP contribution in [0.4, 0.5) is 5.13 Å². The lowest BCUT2D eigenvalue weighted by Gasteiger charge is -2.02. The smallest absolute Gasteiger partial charge is 0.236 e. The Hall–Kier alpha value is -1.60. The number of hydrogen-bond donors (Lipinski definition) is 1. The van der Waals surface area contributed by atoms with Gasteiger partial charge in [-0.05, 0) is 30.3 Å². The second-order valence-electron chi connectivity index (χ2n) is 4.67. The maximum absolute atomic E-state index is 12.0. The number of thiazole rings is 1. The summed E-state index contributed by atoms with van der Waals surface area (Å²) >= 11 is 14.8. The average molecular weight is 396 g/mol. The Bertz CT molecular complexity index is 856. The van der Waals surface area contributed by atoms with Crippen molar-refractivity contribution in [1.82, 2.24) is 9.97 Å². The van der Waals surface area contributed by atoms with Gasteiger partial charge in [0.05, 0.1) is 21.5 Å². The van der Waals surface area contributed by atoms with Gasteiger partial charge in [0.25, 0.3) is 0 Å². The molecule has 1 aromatic carbocycles. The second kappa shape index (κ2) is 7.98. The molecule has 122 valence electrons. The second-order valence-corrected chi connectivity index (χ2v) is 7.36. The summed E-state index contributed by atoms with van der Waals surface area (Å²) in [5.74, 6) is 0.141. The standard InChI is InChI=1S/C16H11Cl2N3OS2/c17-10-4-5-11(12(18)7-10)13-8-24-16(20-13)21-14(22)9-23-15-3-1-2-6-19-15/h1-8H,9H2,(H,20,21,22). The summed E-state index contributed by atoms with van der Waals surface area (Å²) in [6.07, 6.45) is 1.70. The lowest BCUT2D eigenvalue weighted by molar-refractivity contribution is -0.113. The highest BCUT2D eigenvalue weighted by molar-refractivity contribution is 7.99. The number of amides is 1. The zero-order chi connectivity index (χ0) is 16.9. The minimum absolute atomic E-state index is 0.131. The first-order valence-electron chi connectivity index (χ1n) is 6.86. The van der Waals surface area contributed by atoms with E-state index in [0.29, 0.717) is 20.9 Å². The number of halogens is 2. The first-order chi connectivity index (χ1) is 11.6. The van der Waals surface area contributed by atoms with Crippen LogP contribution in [0.25, 0.3) is 11.3 Å². The lowest BCUT2D eigenvalue weighted by atomic mass is 10.2. The normalized spacial score (nSPS) is 10.6. The molecule has 0 saturated heterocycles. The molecule has 0 fully saturated rings. The summed E-state index contributed by atoms with van der Waals surface area (Å²) in [5.41, 5.74) is 1.48. The van der Waals surface area contributed by atoms with Gasteiger partial charge in [0.2, 0.25) is 5.91 Å². The van der Waals surface area contributed by atoms with Gasteiger partial charge in [-0.3, -0.25) is 4.79 Å². The van der Waals surface area contributed by atoms with E-state index in [1.165, 1.54) is 23.1 Å². The number of thioether (sulfide) groups is 1. The van der Waals surface area contributed by atoms with E-state index < -0.39 is 0 Å². The van der Waals surface area contributed by atoms with Crippen molar-refractivity contribution in [3.05, 3.63) is 58.0 Å². The van der Waals surface area contributed by atoms with Crippen molar-refractivity contribution < 1.29 is 4.79 Å². The third kappa shape index (κ3) is 4.48. The SMILES string of the molecule is O=C(CSc1ccccn1)Nc1nc(-c2ccc(Cl)cc2Cl)cs1. The van der Waals surface area contributed by atoms with Crippen LogP contribution >= 0.6 is 46.3 Å². The number of benzene rings is 1. The number of carbonyl (C=O) groups is 1. The van der Waals surface area contributed by atoms with Crippen LogP contribution in [0, 0.1) is 0 Å². The van der Waals surface area contributed by atoms with Crippen molar-refractivity contribution in [2.75, 3.05) is 11.1 Å². The van der Waals surface area contributed by atoms with E-state index >= 15 is 0 Å². The highest BCUT2D eigenvalue weighted by Crippen LogP contribution is 2.32. The van der Waals surface area contributed by atoms with Crippen LogP contribution in [-0.2, 0) is 4.79 Å². The monoisotopic (exact) mass is 395 g/mol. The Balaban J connectivity index is 1.62. The zero-order valence-corrected chi connectivity index (χ0v) is 15.3. The van der Waals surface area contributed by atoms with E-state index in [9.17, 15) is 4.79 Å². The lowest BCUT2D eigenvalue weighted by Crippen LogP contribution is -2.13. The van der Waals surface area contributed by atoms with Crippen LogP contribution in [-0.4, -0.2) is 21.6 Å². The third-order valence-electron chi connectivity index (χ3n) is 2.95. The highest BCUT2D eigenvalue weighted by Gasteiger charge is 2.11. The van der Waals surface area contributed by atoms with Gasteiger partial charge in [-0.25, -0.2) is 9.97 Å². The molecule has 0 aliphatic heterocycles. The molecule has 24 heavy (non-hydrogen) atoms. The maximum atomic E-state index is 12.0. The van der Waals surface area contributed by atoms with Crippen LogP contribution in [0.5, 0.6) is 0 Å². The number of pyridine rings is 1. The Morgan fingerprint density at radius 2 is 2.12 bits per heavy atom. The first-order valence-corrected chi connectivity index (χ1v) is 9.48. The summed E-state index contributed by atoms with van der Waals surface area (Å²) in [7, 11) is 0. The predicted octanol–water partition coefficient (Wildman–Crippen LogP) is 5.24. The van der Waals surface area contributed by atoms with Crippen LogP contribution in [0.3, 0.4) is 0 Å². The van der Waals surface area contributed by atoms with E-state index in [1.54, 1.807) is 18.3 Å². The zero-order valence-electron chi connectivity index (χ0n) is 12.2. The molecule has 1 amide bonds. The molecule has 0 unspecified atom stereocenters. The molecule has 4 nitrogen and oxygen atoms in total. The number of nitrogens with one attached hydrogen (secondary N) is 1. The molecule has 2 aromatic heterocycles. The minimum Gasteiger partial charge on any atom is -0.301 e. The quantitative estimate of drug-likeness (QED) is 0.599. The van der Waals surface area contributed by atoms with Crippen molar-refractivity contribution in [3.8, 4) is 11.3 Å². The van der Waals surface area contributed by atoms with Crippen molar-refractivity contribution in [2.24, 2.45) is 0 Å².